The fourth-order valence-electron chi connectivity index (χ4n) is 4.69. The van der Waals surface area contributed by atoms with E-state index in [1.807, 2.05) is 44.3 Å². The average Bonchev–Trinajstić information content (AvgIpc) is 3.59. The Morgan fingerprint density at radius 1 is 0.912 bits per heavy atom. The maximum Gasteiger partial charge on any atom is 0.0942 e. The lowest BCUT2D eigenvalue weighted by molar-refractivity contribution is -0.0259. The molecule has 4 rings (SSSR count). The maximum absolute atomic E-state index is 10.4. The van der Waals surface area contributed by atoms with Crippen molar-refractivity contribution in [3.05, 3.63) is 101 Å². The van der Waals surface area contributed by atoms with Gasteiger partial charge in [-0.15, -0.1) is 0 Å². The van der Waals surface area contributed by atoms with Gasteiger partial charge in [-0.2, -0.15) is 0 Å². The summed E-state index contributed by atoms with van der Waals surface area (Å²) in [5, 5.41) is 14.2. The second-order valence-corrected chi connectivity index (χ2v) is 10.8. The van der Waals surface area contributed by atoms with Gasteiger partial charge in [-0.3, -0.25) is 10.3 Å². The van der Waals surface area contributed by atoms with Crippen LogP contribution in [0.15, 0.2) is 72.9 Å². The summed E-state index contributed by atoms with van der Waals surface area (Å²) in [4.78, 5) is 4.55. The molecule has 1 fully saturated rings. The molecule has 3 aromatic rings. The van der Waals surface area contributed by atoms with Gasteiger partial charge in [-0.05, 0) is 88.8 Å². The zero-order valence-corrected chi connectivity index (χ0v) is 21.3. The van der Waals surface area contributed by atoms with Crippen molar-refractivity contribution in [3.8, 4) is 0 Å². The second kappa shape index (κ2) is 9.26. The number of aliphatic hydroxyl groups is 1. The van der Waals surface area contributed by atoms with Gasteiger partial charge in [-0.1, -0.05) is 54.6 Å². The number of hydrogen-bond donors (Lipinski definition) is 2. The van der Waals surface area contributed by atoms with Gasteiger partial charge in [0.25, 0.3) is 0 Å². The van der Waals surface area contributed by atoms with Gasteiger partial charge in [0.2, 0.25) is 0 Å². The first-order valence-corrected chi connectivity index (χ1v) is 12.3. The van der Waals surface area contributed by atoms with E-state index in [1.165, 1.54) is 11.1 Å². The smallest absolute Gasteiger partial charge is 0.0942 e. The van der Waals surface area contributed by atoms with Crippen LogP contribution in [0.5, 0.6) is 0 Å². The fraction of sp³-hybridized carbons (Fsp3) is 0.433. The first kappa shape index (κ1) is 24.6. The fourth-order valence-corrected chi connectivity index (χ4v) is 4.69. The Kier molecular flexibility index (Phi) is 6.69. The number of aromatic nitrogens is 1. The highest BCUT2D eigenvalue weighted by molar-refractivity contribution is 5.35. The minimum absolute atomic E-state index is 0.0629. The van der Waals surface area contributed by atoms with Crippen molar-refractivity contribution < 1.29 is 9.84 Å². The molecule has 0 bridgehead atoms. The lowest BCUT2D eigenvalue weighted by Gasteiger charge is -2.31. The molecular weight excluding hydrogens is 420 g/mol. The summed E-state index contributed by atoms with van der Waals surface area (Å²) >= 11 is 0. The Balaban J connectivity index is 1.50. The first-order valence-electron chi connectivity index (χ1n) is 12.3. The molecule has 1 saturated carbocycles. The standard InChI is InChI=1S/C30H38N2O2/c1-21(32-28(3,4)27-15-7-8-18-31-27)23-11-9-14-26(19-23)30(16-17-30)34-22(2)24-12-10-13-25(20-24)29(5,6)33/h7-15,18-22,32-33H,16-17H2,1-6H3/t21-,22?/m1/s1. The largest absolute Gasteiger partial charge is 0.386 e. The molecule has 0 amide bonds. The van der Waals surface area contributed by atoms with Gasteiger partial charge in [0.15, 0.2) is 0 Å². The molecule has 0 saturated heterocycles. The third-order valence-corrected chi connectivity index (χ3v) is 6.96. The number of nitrogens with one attached hydrogen (secondary N) is 1. The molecule has 0 spiro atoms. The molecule has 1 aromatic heterocycles. The molecule has 1 heterocycles. The maximum atomic E-state index is 10.4. The molecule has 4 nitrogen and oxygen atoms in total. The highest BCUT2D eigenvalue weighted by Crippen LogP contribution is 2.52. The lowest BCUT2D eigenvalue weighted by atomic mass is 9.94. The van der Waals surface area contributed by atoms with Crippen molar-refractivity contribution in [2.45, 2.75) is 83.3 Å². The summed E-state index contributed by atoms with van der Waals surface area (Å²) < 4.78 is 6.68. The zero-order valence-electron chi connectivity index (χ0n) is 21.3. The predicted octanol–water partition coefficient (Wildman–Crippen LogP) is 6.66. The number of nitrogens with zero attached hydrogens (tertiary/aromatic N) is 1. The Morgan fingerprint density at radius 2 is 1.62 bits per heavy atom. The van der Waals surface area contributed by atoms with E-state index >= 15 is 0 Å². The normalized spacial score (nSPS) is 17.3. The molecule has 0 radical (unpaired) electrons. The van der Waals surface area contributed by atoms with Gasteiger partial charge in [0.05, 0.1) is 28.5 Å². The topological polar surface area (TPSA) is 54.4 Å². The van der Waals surface area contributed by atoms with Crippen LogP contribution < -0.4 is 5.32 Å². The van der Waals surface area contributed by atoms with Crippen LogP contribution >= 0.6 is 0 Å². The van der Waals surface area contributed by atoms with E-state index in [4.69, 9.17) is 4.74 Å². The predicted molar refractivity (Wildman–Crippen MR) is 137 cm³/mol. The van der Waals surface area contributed by atoms with E-state index in [0.29, 0.717) is 0 Å². The van der Waals surface area contributed by atoms with Crippen molar-refractivity contribution in [1.82, 2.24) is 10.3 Å². The highest BCUT2D eigenvalue weighted by Gasteiger charge is 2.47. The number of rotatable bonds is 9. The van der Waals surface area contributed by atoms with E-state index in [0.717, 1.165) is 29.7 Å². The van der Waals surface area contributed by atoms with Crippen LogP contribution in [-0.4, -0.2) is 10.1 Å². The van der Waals surface area contributed by atoms with Crippen LogP contribution in [0, 0.1) is 0 Å². The molecule has 34 heavy (non-hydrogen) atoms. The third-order valence-electron chi connectivity index (χ3n) is 6.96. The summed E-state index contributed by atoms with van der Waals surface area (Å²) in [6, 6.07) is 23.1. The van der Waals surface area contributed by atoms with E-state index in [1.54, 1.807) is 0 Å². The van der Waals surface area contributed by atoms with Crippen LogP contribution in [0.1, 0.15) is 94.5 Å². The van der Waals surface area contributed by atoms with Crippen LogP contribution in [0.2, 0.25) is 0 Å². The Morgan fingerprint density at radius 3 is 2.26 bits per heavy atom. The van der Waals surface area contributed by atoms with Gasteiger partial charge in [-0.25, -0.2) is 0 Å². The molecule has 2 atom stereocenters. The second-order valence-electron chi connectivity index (χ2n) is 10.8. The monoisotopic (exact) mass is 458 g/mol. The van der Waals surface area contributed by atoms with Crippen LogP contribution in [-0.2, 0) is 21.5 Å². The molecule has 180 valence electrons. The Labute approximate surface area is 204 Å². The number of benzene rings is 2. The van der Waals surface area contributed by atoms with Crippen molar-refractivity contribution in [2.24, 2.45) is 0 Å². The summed E-state index contributed by atoms with van der Waals surface area (Å²) in [6.45, 7) is 12.3. The van der Waals surface area contributed by atoms with Gasteiger partial charge >= 0.3 is 0 Å². The highest BCUT2D eigenvalue weighted by atomic mass is 16.5. The molecular formula is C30H38N2O2. The van der Waals surface area contributed by atoms with E-state index in [9.17, 15) is 5.11 Å². The van der Waals surface area contributed by atoms with E-state index in [-0.39, 0.29) is 23.3 Å². The minimum Gasteiger partial charge on any atom is -0.386 e. The first-order chi connectivity index (χ1) is 16.0. The molecule has 0 aliphatic heterocycles. The summed E-state index contributed by atoms with van der Waals surface area (Å²) in [6.07, 6.45) is 3.82. The number of ether oxygens (including phenoxy) is 1. The van der Waals surface area contributed by atoms with Crippen molar-refractivity contribution in [1.29, 1.82) is 0 Å². The third kappa shape index (κ3) is 5.41. The van der Waals surface area contributed by atoms with Crippen LogP contribution in [0.3, 0.4) is 0 Å². The zero-order chi connectivity index (χ0) is 24.6. The summed E-state index contributed by atoms with van der Waals surface area (Å²) in [5.41, 5.74) is 4.15. The molecule has 2 aromatic carbocycles. The number of pyridine rings is 1. The van der Waals surface area contributed by atoms with Gasteiger partial charge < -0.3 is 9.84 Å². The minimum atomic E-state index is -0.868. The van der Waals surface area contributed by atoms with Gasteiger partial charge in [0, 0.05) is 12.2 Å². The van der Waals surface area contributed by atoms with Crippen molar-refractivity contribution in [2.75, 3.05) is 0 Å². The Bertz CT molecular complexity index is 1110. The molecule has 1 aliphatic rings. The SMILES string of the molecule is CC(OC1(c2cccc([C@@H](C)NC(C)(C)c3ccccn3)c2)CC1)c1cccc(C(C)(C)O)c1. The summed E-state index contributed by atoms with van der Waals surface area (Å²) in [7, 11) is 0. The Hall–Kier alpha value is -2.53. The van der Waals surface area contributed by atoms with Gasteiger partial charge in [0.1, 0.15) is 0 Å². The summed E-state index contributed by atoms with van der Waals surface area (Å²) in [5.74, 6) is 0. The quantitative estimate of drug-likeness (QED) is 0.376. The molecule has 1 aliphatic carbocycles. The molecule has 4 heteroatoms. The lowest BCUT2D eigenvalue weighted by Crippen LogP contribution is -2.39. The van der Waals surface area contributed by atoms with Crippen molar-refractivity contribution in [3.63, 3.8) is 0 Å². The average molecular weight is 459 g/mol. The molecule has 1 unspecified atom stereocenters. The number of hydrogen-bond acceptors (Lipinski definition) is 4. The van der Waals surface area contributed by atoms with Crippen molar-refractivity contribution >= 4 is 0 Å². The molecule has 2 N–H and O–H groups in total. The van der Waals surface area contributed by atoms with E-state index < -0.39 is 5.60 Å². The van der Waals surface area contributed by atoms with Crippen LogP contribution in [0.25, 0.3) is 0 Å². The van der Waals surface area contributed by atoms with E-state index in [2.05, 4.69) is 80.5 Å². The van der Waals surface area contributed by atoms with Crippen LogP contribution in [0.4, 0.5) is 0 Å².